The molecule has 0 fully saturated rings. The van der Waals surface area contributed by atoms with E-state index in [1.54, 1.807) is 6.20 Å². The molecule has 0 spiro atoms. The van der Waals surface area contributed by atoms with Crippen LogP contribution in [0.15, 0.2) is 18.3 Å². The van der Waals surface area contributed by atoms with E-state index in [4.69, 9.17) is 17.3 Å². The Labute approximate surface area is 96.0 Å². The van der Waals surface area contributed by atoms with Gasteiger partial charge in [0.25, 0.3) is 0 Å². The molecule has 0 bridgehead atoms. The minimum Gasteiger partial charge on any atom is -0.368 e. The summed E-state index contributed by atoms with van der Waals surface area (Å²) in [5, 5.41) is 3.89. The molecule has 0 saturated carbocycles. The molecule has 0 saturated heterocycles. The zero-order valence-corrected chi connectivity index (χ0v) is 10.0. The van der Waals surface area contributed by atoms with Gasteiger partial charge in [-0.25, -0.2) is 4.98 Å². The van der Waals surface area contributed by atoms with Crippen LogP contribution in [0.5, 0.6) is 0 Å². The topological polar surface area (TPSA) is 50.9 Å². The molecule has 0 aliphatic rings. The van der Waals surface area contributed by atoms with E-state index in [-0.39, 0.29) is 5.41 Å². The highest BCUT2D eigenvalue weighted by Gasteiger charge is 2.16. The van der Waals surface area contributed by atoms with Crippen LogP contribution in [0.2, 0.25) is 5.02 Å². The molecule has 1 aromatic heterocycles. The van der Waals surface area contributed by atoms with E-state index in [0.717, 1.165) is 18.8 Å². The van der Waals surface area contributed by atoms with Crippen LogP contribution >= 0.6 is 11.6 Å². The van der Waals surface area contributed by atoms with Gasteiger partial charge in [0.05, 0.1) is 5.02 Å². The summed E-state index contributed by atoms with van der Waals surface area (Å²) in [4.78, 5) is 4.17. The minimum atomic E-state index is 0.162. The second-order valence-electron chi connectivity index (χ2n) is 4.39. The van der Waals surface area contributed by atoms with Gasteiger partial charge in [-0.2, -0.15) is 0 Å². The van der Waals surface area contributed by atoms with Crippen molar-refractivity contribution in [2.45, 2.75) is 20.3 Å². The molecule has 3 nitrogen and oxygen atoms in total. The Bertz CT molecular complexity index is 312. The van der Waals surface area contributed by atoms with Gasteiger partial charge in [-0.1, -0.05) is 25.4 Å². The van der Waals surface area contributed by atoms with Gasteiger partial charge in [-0.3, -0.25) is 0 Å². The quantitative estimate of drug-likeness (QED) is 0.813. The number of hydrogen-bond donors (Lipinski definition) is 2. The number of halogens is 1. The lowest BCUT2D eigenvalue weighted by Crippen LogP contribution is -2.26. The van der Waals surface area contributed by atoms with Crippen LogP contribution in [-0.4, -0.2) is 18.1 Å². The van der Waals surface area contributed by atoms with Gasteiger partial charge >= 0.3 is 0 Å². The highest BCUT2D eigenvalue weighted by molar-refractivity contribution is 6.32. The van der Waals surface area contributed by atoms with Crippen LogP contribution in [0.3, 0.4) is 0 Å². The van der Waals surface area contributed by atoms with Crippen molar-refractivity contribution in [3.8, 4) is 0 Å². The normalized spacial score (nSPS) is 11.5. The third-order valence-electron chi connectivity index (χ3n) is 2.31. The summed E-state index contributed by atoms with van der Waals surface area (Å²) >= 11 is 5.98. The second kappa shape index (κ2) is 5.33. The number of rotatable bonds is 5. The summed E-state index contributed by atoms with van der Waals surface area (Å²) < 4.78 is 0. The highest BCUT2D eigenvalue weighted by atomic mass is 35.5. The molecule has 0 aliphatic heterocycles. The first-order chi connectivity index (χ1) is 7.05. The molecule has 0 radical (unpaired) electrons. The first-order valence-electron chi connectivity index (χ1n) is 5.10. The molecule has 0 unspecified atom stereocenters. The number of nitrogens with one attached hydrogen (secondary N) is 1. The summed E-state index contributed by atoms with van der Waals surface area (Å²) in [6.07, 6.45) is 2.70. The molecule has 0 amide bonds. The van der Waals surface area contributed by atoms with Gasteiger partial charge in [-0.05, 0) is 30.5 Å². The van der Waals surface area contributed by atoms with E-state index in [9.17, 15) is 0 Å². The standard InChI is InChI=1S/C11H18ClN3/c1-11(2,5-6-13)8-15-10-9(12)4-3-7-14-10/h3-4,7H,5-6,8,13H2,1-2H3,(H,14,15). The average Bonchev–Trinajstić information content (AvgIpc) is 2.16. The predicted molar refractivity (Wildman–Crippen MR) is 65.2 cm³/mol. The number of nitrogens with zero attached hydrogens (tertiary/aromatic N) is 1. The molecule has 15 heavy (non-hydrogen) atoms. The lowest BCUT2D eigenvalue weighted by Gasteiger charge is -2.24. The monoisotopic (exact) mass is 227 g/mol. The molecule has 1 heterocycles. The Kier molecular flexibility index (Phi) is 4.36. The van der Waals surface area contributed by atoms with Gasteiger partial charge in [0.15, 0.2) is 0 Å². The van der Waals surface area contributed by atoms with Crippen LogP contribution < -0.4 is 11.1 Å². The van der Waals surface area contributed by atoms with Crippen LogP contribution in [0, 0.1) is 5.41 Å². The molecule has 3 N–H and O–H groups in total. The van der Waals surface area contributed by atoms with E-state index in [0.29, 0.717) is 11.6 Å². The van der Waals surface area contributed by atoms with Crippen molar-refractivity contribution in [2.24, 2.45) is 11.1 Å². The Morgan fingerprint density at radius 2 is 2.27 bits per heavy atom. The van der Waals surface area contributed by atoms with Gasteiger partial charge in [0.1, 0.15) is 5.82 Å². The largest absolute Gasteiger partial charge is 0.368 e. The first-order valence-corrected chi connectivity index (χ1v) is 5.47. The highest BCUT2D eigenvalue weighted by Crippen LogP contribution is 2.22. The SMILES string of the molecule is CC(C)(CCN)CNc1ncccc1Cl. The Morgan fingerprint density at radius 3 is 2.87 bits per heavy atom. The van der Waals surface area contributed by atoms with Crippen LogP contribution in [0.1, 0.15) is 20.3 Å². The van der Waals surface area contributed by atoms with Crippen molar-refractivity contribution < 1.29 is 0 Å². The minimum absolute atomic E-state index is 0.162. The number of pyridine rings is 1. The average molecular weight is 228 g/mol. The third kappa shape index (κ3) is 4.06. The molecule has 1 aromatic rings. The lowest BCUT2D eigenvalue weighted by atomic mass is 9.89. The molecule has 0 atom stereocenters. The fraction of sp³-hybridized carbons (Fsp3) is 0.545. The van der Waals surface area contributed by atoms with Crippen molar-refractivity contribution >= 4 is 17.4 Å². The van der Waals surface area contributed by atoms with Crippen molar-refractivity contribution in [1.29, 1.82) is 0 Å². The van der Waals surface area contributed by atoms with Gasteiger partial charge in [0.2, 0.25) is 0 Å². The van der Waals surface area contributed by atoms with Crippen LogP contribution in [-0.2, 0) is 0 Å². The van der Waals surface area contributed by atoms with E-state index in [1.165, 1.54) is 0 Å². The Hall–Kier alpha value is -0.800. The number of aromatic nitrogens is 1. The Balaban J connectivity index is 2.53. The van der Waals surface area contributed by atoms with Crippen molar-refractivity contribution in [3.63, 3.8) is 0 Å². The maximum atomic E-state index is 5.98. The lowest BCUT2D eigenvalue weighted by molar-refractivity contribution is 0.365. The molecular weight excluding hydrogens is 210 g/mol. The smallest absolute Gasteiger partial charge is 0.144 e. The van der Waals surface area contributed by atoms with Crippen LogP contribution in [0.4, 0.5) is 5.82 Å². The fourth-order valence-corrected chi connectivity index (χ4v) is 1.51. The van der Waals surface area contributed by atoms with E-state index in [1.807, 2.05) is 12.1 Å². The zero-order chi connectivity index (χ0) is 11.3. The summed E-state index contributed by atoms with van der Waals surface area (Å²) in [5.74, 6) is 0.740. The maximum Gasteiger partial charge on any atom is 0.144 e. The molecule has 84 valence electrons. The molecule has 0 aromatic carbocycles. The third-order valence-corrected chi connectivity index (χ3v) is 2.62. The van der Waals surface area contributed by atoms with E-state index in [2.05, 4.69) is 24.1 Å². The second-order valence-corrected chi connectivity index (χ2v) is 4.80. The van der Waals surface area contributed by atoms with E-state index < -0.39 is 0 Å². The van der Waals surface area contributed by atoms with Gasteiger partial charge in [-0.15, -0.1) is 0 Å². The summed E-state index contributed by atoms with van der Waals surface area (Å²) in [5.41, 5.74) is 5.71. The van der Waals surface area contributed by atoms with Crippen molar-refractivity contribution in [1.82, 2.24) is 4.98 Å². The summed E-state index contributed by atoms with van der Waals surface area (Å²) in [6, 6.07) is 3.64. The zero-order valence-electron chi connectivity index (χ0n) is 9.26. The predicted octanol–water partition coefficient (Wildman–Crippen LogP) is 2.52. The molecule has 4 heteroatoms. The number of hydrogen-bond acceptors (Lipinski definition) is 3. The molecule has 1 rings (SSSR count). The number of nitrogens with two attached hydrogens (primary N) is 1. The molecular formula is C11H18ClN3. The Morgan fingerprint density at radius 1 is 1.53 bits per heavy atom. The van der Waals surface area contributed by atoms with Crippen LogP contribution in [0.25, 0.3) is 0 Å². The first kappa shape index (κ1) is 12.3. The van der Waals surface area contributed by atoms with E-state index >= 15 is 0 Å². The van der Waals surface area contributed by atoms with Crippen molar-refractivity contribution in [2.75, 3.05) is 18.4 Å². The van der Waals surface area contributed by atoms with Gasteiger partial charge < -0.3 is 11.1 Å². The summed E-state index contributed by atoms with van der Waals surface area (Å²) in [6.45, 7) is 5.86. The van der Waals surface area contributed by atoms with Gasteiger partial charge in [0, 0.05) is 12.7 Å². The van der Waals surface area contributed by atoms with Crippen molar-refractivity contribution in [3.05, 3.63) is 23.4 Å². The fourth-order valence-electron chi connectivity index (χ4n) is 1.32. The number of anilines is 1. The summed E-state index contributed by atoms with van der Waals surface area (Å²) in [7, 11) is 0. The molecule has 0 aliphatic carbocycles. The maximum absolute atomic E-state index is 5.98.